The summed E-state index contributed by atoms with van der Waals surface area (Å²) < 4.78 is 11.0. The Morgan fingerprint density at radius 1 is 1.17 bits per heavy atom. The van der Waals surface area contributed by atoms with Crippen molar-refractivity contribution in [3.05, 3.63) is 0 Å². The van der Waals surface area contributed by atoms with Crippen molar-refractivity contribution in [2.75, 3.05) is 13.7 Å². The second-order valence-electron chi connectivity index (χ2n) is 8.32. The third-order valence-electron chi connectivity index (χ3n) is 5.45. The van der Waals surface area contributed by atoms with Crippen LogP contribution in [-0.4, -0.2) is 40.0 Å². The van der Waals surface area contributed by atoms with Crippen LogP contribution in [0, 0.1) is 5.92 Å². The molecule has 1 aliphatic rings. The number of nitrogens with one attached hydrogen (secondary N) is 1. The lowest BCUT2D eigenvalue weighted by atomic mass is 9.88. The van der Waals surface area contributed by atoms with Gasteiger partial charge >= 0.3 is 5.97 Å². The highest BCUT2D eigenvalue weighted by molar-refractivity contribution is 6.74. The predicted molar refractivity (Wildman–Crippen MR) is 98.3 cm³/mol. The Hall–Kier alpha value is -0.883. The van der Waals surface area contributed by atoms with Gasteiger partial charge in [-0.15, -0.1) is 0 Å². The minimum Gasteiger partial charge on any atom is -0.467 e. The lowest BCUT2D eigenvalue weighted by molar-refractivity contribution is -0.146. The number of rotatable bonds is 7. The summed E-state index contributed by atoms with van der Waals surface area (Å²) in [5.74, 6) is -0.373. The zero-order valence-corrected chi connectivity index (χ0v) is 17.2. The molecular formula is C18H35NO4Si. The van der Waals surface area contributed by atoms with Gasteiger partial charge in [0.1, 0.15) is 6.04 Å². The number of carbonyl (C=O) groups is 2. The molecule has 1 rings (SSSR count). The number of amides is 1. The lowest BCUT2D eigenvalue weighted by Crippen LogP contribution is -2.46. The molecule has 6 heteroatoms. The third-order valence-corrected chi connectivity index (χ3v) is 9.99. The summed E-state index contributed by atoms with van der Waals surface area (Å²) >= 11 is 0. The fourth-order valence-electron chi connectivity index (χ4n) is 2.69. The lowest BCUT2D eigenvalue weighted by Gasteiger charge is -2.36. The second kappa shape index (κ2) is 8.99. The molecule has 0 aromatic heterocycles. The van der Waals surface area contributed by atoms with Gasteiger partial charge in [0, 0.05) is 18.9 Å². The maximum absolute atomic E-state index is 12.4. The van der Waals surface area contributed by atoms with Crippen molar-refractivity contribution < 1.29 is 18.8 Å². The van der Waals surface area contributed by atoms with Crippen LogP contribution in [0.5, 0.6) is 0 Å². The summed E-state index contributed by atoms with van der Waals surface area (Å²) in [6, 6.07) is -0.616. The molecule has 1 saturated carbocycles. The highest BCUT2D eigenvalue weighted by Gasteiger charge is 2.37. The molecule has 1 atom stereocenters. The van der Waals surface area contributed by atoms with Crippen LogP contribution < -0.4 is 5.32 Å². The average molecular weight is 358 g/mol. The molecule has 0 unspecified atom stereocenters. The van der Waals surface area contributed by atoms with E-state index < -0.39 is 20.3 Å². The molecule has 0 bridgehead atoms. The molecular weight excluding hydrogens is 322 g/mol. The number of methoxy groups -OCH3 is 1. The van der Waals surface area contributed by atoms with Crippen molar-refractivity contribution in [1.82, 2.24) is 5.32 Å². The summed E-state index contributed by atoms with van der Waals surface area (Å²) in [4.78, 5) is 24.4. The SMILES string of the molecule is COC(=O)[C@@H](CCO[Si](C)(C)C(C)(C)C)NC(=O)C1CCCCC1. The van der Waals surface area contributed by atoms with Gasteiger partial charge < -0.3 is 14.5 Å². The first kappa shape index (κ1) is 21.2. The van der Waals surface area contributed by atoms with E-state index in [1.165, 1.54) is 13.5 Å². The molecule has 1 aliphatic carbocycles. The molecule has 0 aromatic rings. The Balaban J connectivity index is 2.56. The Labute approximate surface area is 148 Å². The molecule has 24 heavy (non-hydrogen) atoms. The van der Waals surface area contributed by atoms with E-state index in [2.05, 4.69) is 39.2 Å². The summed E-state index contributed by atoms with van der Waals surface area (Å²) in [5, 5.41) is 3.01. The smallest absolute Gasteiger partial charge is 0.328 e. The van der Waals surface area contributed by atoms with Gasteiger partial charge in [-0.05, 0) is 31.0 Å². The van der Waals surface area contributed by atoms with Gasteiger partial charge in [-0.3, -0.25) is 4.79 Å². The van der Waals surface area contributed by atoms with E-state index in [9.17, 15) is 9.59 Å². The molecule has 0 aliphatic heterocycles. The van der Waals surface area contributed by atoms with E-state index in [0.29, 0.717) is 13.0 Å². The van der Waals surface area contributed by atoms with Crippen LogP contribution in [-0.2, 0) is 18.8 Å². The first-order valence-corrected chi connectivity index (χ1v) is 12.0. The van der Waals surface area contributed by atoms with Crippen molar-refractivity contribution in [3.63, 3.8) is 0 Å². The van der Waals surface area contributed by atoms with E-state index in [0.717, 1.165) is 25.7 Å². The van der Waals surface area contributed by atoms with Gasteiger partial charge in [-0.1, -0.05) is 40.0 Å². The van der Waals surface area contributed by atoms with Crippen LogP contribution in [0.15, 0.2) is 0 Å². The topological polar surface area (TPSA) is 64.6 Å². The van der Waals surface area contributed by atoms with E-state index in [-0.39, 0.29) is 16.9 Å². The van der Waals surface area contributed by atoms with Crippen molar-refractivity contribution in [3.8, 4) is 0 Å². The zero-order valence-electron chi connectivity index (χ0n) is 16.2. The van der Waals surface area contributed by atoms with Crippen LogP contribution in [0.2, 0.25) is 18.1 Å². The number of hydrogen-bond donors (Lipinski definition) is 1. The standard InChI is InChI=1S/C18H35NO4Si/c1-18(2,3)24(5,6)23-13-12-15(17(21)22-4)19-16(20)14-10-8-7-9-11-14/h14-15H,7-13H2,1-6H3,(H,19,20)/t15-/m1/s1. The van der Waals surface area contributed by atoms with Crippen LogP contribution in [0.1, 0.15) is 59.3 Å². The first-order chi connectivity index (χ1) is 11.1. The quantitative estimate of drug-likeness (QED) is 0.558. The zero-order chi connectivity index (χ0) is 18.4. The predicted octanol–water partition coefficient (Wildman–Crippen LogP) is 3.64. The first-order valence-electron chi connectivity index (χ1n) is 9.10. The molecule has 0 heterocycles. The minimum atomic E-state index is -1.85. The Kier molecular flexibility index (Phi) is 7.93. The molecule has 0 radical (unpaired) electrons. The van der Waals surface area contributed by atoms with Gasteiger partial charge in [0.25, 0.3) is 0 Å². The van der Waals surface area contributed by atoms with E-state index in [4.69, 9.17) is 9.16 Å². The van der Waals surface area contributed by atoms with Crippen molar-refractivity contribution in [2.24, 2.45) is 5.92 Å². The Morgan fingerprint density at radius 3 is 2.25 bits per heavy atom. The van der Waals surface area contributed by atoms with E-state index in [1.807, 2.05) is 0 Å². The van der Waals surface area contributed by atoms with E-state index in [1.54, 1.807) is 0 Å². The molecule has 0 spiro atoms. The average Bonchev–Trinajstić information content (AvgIpc) is 2.52. The summed E-state index contributed by atoms with van der Waals surface area (Å²) in [5.41, 5.74) is 0. The third kappa shape index (κ3) is 6.20. The monoisotopic (exact) mass is 357 g/mol. The summed E-state index contributed by atoms with van der Waals surface area (Å²) in [6.45, 7) is 11.4. The van der Waals surface area contributed by atoms with Crippen LogP contribution in [0.3, 0.4) is 0 Å². The van der Waals surface area contributed by atoms with Gasteiger partial charge in [0.2, 0.25) is 5.91 Å². The fourth-order valence-corrected chi connectivity index (χ4v) is 3.76. The maximum atomic E-state index is 12.4. The molecule has 1 amide bonds. The number of hydrogen-bond acceptors (Lipinski definition) is 4. The largest absolute Gasteiger partial charge is 0.467 e. The van der Waals surface area contributed by atoms with Crippen molar-refractivity contribution in [1.29, 1.82) is 0 Å². The maximum Gasteiger partial charge on any atom is 0.328 e. The van der Waals surface area contributed by atoms with Gasteiger partial charge in [0.05, 0.1) is 7.11 Å². The Morgan fingerprint density at radius 2 is 1.75 bits per heavy atom. The second-order valence-corrected chi connectivity index (χ2v) is 13.1. The number of ether oxygens (including phenoxy) is 1. The number of carbonyl (C=O) groups excluding carboxylic acids is 2. The molecule has 1 fully saturated rings. The van der Waals surface area contributed by atoms with Gasteiger partial charge in [0.15, 0.2) is 8.32 Å². The normalized spacial score (nSPS) is 18.1. The molecule has 0 saturated heterocycles. The number of esters is 1. The van der Waals surface area contributed by atoms with Crippen LogP contribution >= 0.6 is 0 Å². The van der Waals surface area contributed by atoms with Crippen LogP contribution in [0.25, 0.3) is 0 Å². The highest BCUT2D eigenvalue weighted by atomic mass is 28.4. The molecule has 140 valence electrons. The molecule has 1 N–H and O–H groups in total. The van der Waals surface area contributed by atoms with Gasteiger partial charge in [-0.2, -0.15) is 0 Å². The summed E-state index contributed by atoms with van der Waals surface area (Å²) in [6.07, 6.45) is 5.67. The van der Waals surface area contributed by atoms with Crippen molar-refractivity contribution >= 4 is 20.2 Å². The van der Waals surface area contributed by atoms with Gasteiger partial charge in [-0.25, -0.2) is 4.79 Å². The van der Waals surface area contributed by atoms with E-state index >= 15 is 0 Å². The Bertz CT molecular complexity index is 425. The molecule has 0 aromatic carbocycles. The van der Waals surface area contributed by atoms with Crippen molar-refractivity contribution in [2.45, 2.75) is 83.5 Å². The highest BCUT2D eigenvalue weighted by Crippen LogP contribution is 2.36. The molecule has 5 nitrogen and oxygen atoms in total. The minimum absolute atomic E-state index is 0.0163. The van der Waals surface area contributed by atoms with Crippen LogP contribution in [0.4, 0.5) is 0 Å². The fraction of sp³-hybridized carbons (Fsp3) is 0.889. The summed E-state index contributed by atoms with van der Waals surface area (Å²) in [7, 11) is -0.496.